The Kier molecular flexibility index (Phi) is 5.56. The van der Waals surface area contributed by atoms with Gasteiger partial charge in [0.2, 0.25) is 0 Å². The summed E-state index contributed by atoms with van der Waals surface area (Å²) in [5.74, 6) is 0.747. The van der Waals surface area contributed by atoms with Crippen molar-refractivity contribution < 1.29 is 23.4 Å². The summed E-state index contributed by atoms with van der Waals surface area (Å²) in [6.45, 7) is 0. The van der Waals surface area contributed by atoms with E-state index in [-0.39, 0.29) is 5.91 Å². The summed E-state index contributed by atoms with van der Waals surface area (Å²) in [5, 5.41) is 4.83. The average Bonchev–Trinajstić information content (AvgIpc) is 3.15. The number of nitrogens with one attached hydrogen (secondary N) is 1. The lowest BCUT2D eigenvalue weighted by Gasteiger charge is -2.08. The minimum atomic E-state index is -0.395. The second-order valence-electron chi connectivity index (χ2n) is 5.44. The lowest BCUT2D eigenvalue weighted by atomic mass is 10.1. The molecule has 3 aromatic rings. The van der Waals surface area contributed by atoms with Crippen molar-refractivity contribution in [1.82, 2.24) is 4.98 Å². The van der Waals surface area contributed by atoms with Gasteiger partial charge in [0.25, 0.3) is 5.91 Å². The molecule has 0 unspecified atom stereocenters. The van der Waals surface area contributed by atoms with Crippen molar-refractivity contribution in [3.63, 3.8) is 0 Å². The first kappa shape index (κ1) is 18.7. The summed E-state index contributed by atoms with van der Waals surface area (Å²) in [5.41, 5.74) is 1.39. The predicted octanol–water partition coefficient (Wildman–Crippen LogP) is 4.23. The third-order valence-electron chi connectivity index (χ3n) is 3.78. The Hall–Kier alpha value is -3.13. The Morgan fingerprint density at radius 3 is 2.37 bits per heavy atom. The van der Waals surface area contributed by atoms with Crippen LogP contribution in [0.4, 0.5) is 9.52 Å². The number of methoxy groups -OCH3 is 3. The first-order valence-corrected chi connectivity index (χ1v) is 8.76. The molecule has 1 aromatic heterocycles. The number of aromatic nitrogens is 1. The number of rotatable bonds is 6. The van der Waals surface area contributed by atoms with Gasteiger partial charge in [0, 0.05) is 22.6 Å². The van der Waals surface area contributed by atoms with Crippen LogP contribution in [0.25, 0.3) is 11.3 Å². The first-order chi connectivity index (χ1) is 13.0. The van der Waals surface area contributed by atoms with Crippen LogP contribution in [-0.2, 0) is 0 Å². The lowest BCUT2D eigenvalue weighted by Crippen LogP contribution is -2.12. The normalized spacial score (nSPS) is 10.4. The molecule has 0 atom stereocenters. The van der Waals surface area contributed by atoms with Crippen molar-refractivity contribution in [1.29, 1.82) is 0 Å². The second-order valence-corrected chi connectivity index (χ2v) is 6.30. The third kappa shape index (κ3) is 4.17. The highest BCUT2D eigenvalue weighted by Crippen LogP contribution is 2.33. The molecule has 2 aromatic carbocycles. The third-order valence-corrected chi connectivity index (χ3v) is 4.53. The van der Waals surface area contributed by atoms with Crippen LogP contribution < -0.4 is 19.5 Å². The summed E-state index contributed by atoms with van der Waals surface area (Å²) < 4.78 is 29.2. The maximum absolute atomic E-state index is 13.6. The van der Waals surface area contributed by atoms with E-state index in [0.29, 0.717) is 39.2 Å². The maximum atomic E-state index is 13.6. The highest BCUT2D eigenvalue weighted by molar-refractivity contribution is 7.14. The smallest absolute Gasteiger partial charge is 0.257 e. The van der Waals surface area contributed by atoms with Crippen LogP contribution in [0.2, 0.25) is 0 Å². The fourth-order valence-electron chi connectivity index (χ4n) is 2.44. The molecule has 140 valence electrons. The topological polar surface area (TPSA) is 69.7 Å². The van der Waals surface area contributed by atoms with Gasteiger partial charge in [-0.2, -0.15) is 0 Å². The molecular formula is C19H17FN2O4S. The zero-order valence-corrected chi connectivity index (χ0v) is 15.7. The Morgan fingerprint density at radius 1 is 1.04 bits per heavy atom. The number of thiazole rings is 1. The molecule has 0 aliphatic rings. The van der Waals surface area contributed by atoms with Crippen molar-refractivity contribution in [2.45, 2.75) is 0 Å². The molecule has 0 saturated heterocycles. The summed E-state index contributed by atoms with van der Waals surface area (Å²) in [6.07, 6.45) is 0. The van der Waals surface area contributed by atoms with Crippen LogP contribution >= 0.6 is 11.3 Å². The van der Waals surface area contributed by atoms with E-state index in [1.54, 1.807) is 23.6 Å². The van der Waals surface area contributed by atoms with Crippen LogP contribution in [0.5, 0.6) is 17.2 Å². The molecule has 1 heterocycles. The van der Waals surface area contributed by atoms with Gasteiger partial charge in [-0.15, -0.1) is 11.3 Å². The lowest BCUT2D eigenvalue weighted by molar-refractivity contribution is 0.102. The number of halogens is 1. The van der Waals surface area contributed by atoms with E-state index in [0.717, 1.165) is 0 Å². The predicted molar refractivity (Wildman–Crippen MR) is 102 cm³/mol. The molecule has 8 heteroatoms. The monoisotopic (exact) mass is 388 g/mol. The van der Waals surface area contributed by atoms with Crippen molar-refractivity contribution in [2.24, 2.45) is 0 Å². The van der Waals surface area contributed by atoms with E-state index in [1.807, 2.05) is 0 Å². The second kappa shape index (κ2) is 8.05. The molecule has 0 saturated carbocycles. The van der Waals surface area contributed by atoms with Gasteiger partial charge in [-0.25, -0.2) is 9.37 Å². The van der Waals surface area contributed by atoms with Crippen molar-refractivity contribution in [2.75, 3.05) is 26.6 Å². The van der Waals surface area contributed by atoms with Gasteiger partial charge < -0.3 is 14.2 Å². The van der Waals surface area contributed by atoms with Crippen molar-refractivity contribution in [3.8, 4) is 28.5 Å². The van der Waals surface area contributed by atoms with E-state index in [2.05, 4.69) is 10.3 Å². The molecule has 0 aliphatic heterocycles. The summed E-state index contributed by atoms with van der Waals surface area (Å²) in [6, 6.07) is 9.06. The van der Waals surface area contributed by atoms with Crippen molar-refractivity contribution in [3.05, 3.63) is 53.2 Å². The number of carbonyl (C=O) groups excluding carboxylic acids is 1. The largest absolute Gasteiger partial charge is 0.497 e. The van der Waals surface area contributed by atoms with Crippen LogP contribution in [0.1, 0.15) is 10.4 Å². The SMILES string of the molecule is COc1cc(OC)cc(C(=O)Nc2nc(-c3cc(F)ccc3OC)cs2)c1. The van der Waals surface area contributed by atoms with Gasteiger partial charge in [0.05, 0.1) is 27.0 Å². The Bertz CT molecular complexity index is 952. The van der Waals surface area contributed by atoms with Gasteiger partial charge >= 0.3 is 0 Å². The first-order valence-electron chi connectivity index (χ1n) is 7.88. The molecule has 1 N–H and O–H groups in total. The van der Waals surface area contributed by atoms with Gasteiger partial charge in [-0.1, -0.05) is 0 Å². The van der Waals surface area contributed by atoms with E-state index >= 15 is 0 Å². The fourth-order valence-corrected chi connectivity index (χ4v) is 3.15. The quantitative estimate of drug-likeness (QED) is 0.684. The number of ether oxygens (including phenoxy) is 3. The zero-order valence-electron chi connectivity index (χ0n) is 14.9. The molecule has 1 amide bonds. The number of amides is 1. The molecule has 6 nitrogen and oxygen atoms in total. The number of benzene rings is 2. The number of hydrogen-bond acceptors (Lipinski definition) is 6. The van der Waals surface area contributed by atoms with E-state index in [1.165, 1.54) is 50.9 Å². The van der Waals surface area contributed by atoms with E-state index in [4.69, 9.17) is 14.2 Å². The standard InChI is InChI=1S/C19H17FN2O4S/c1-24-13-6-11(7-14(9-13)25-2)18(23)22-19-21-16(10-27-19)15-8-12(20)4-5-17(15)26-3/h4-10H,1-3H3,(H,21,22,23). The zero-order chi connectivity index (χ0) is 19.4. The number of hydrogen-bond donors (Lipinski definition) is 1. The number of carbonyl (C=O) groups is 1. The van der Waals surface area contributed by atoms with Crippen LogP contribution in [0.3, 0.4) is 0 Å². The van der Waals surface area contributed by atoms with Gasteiger partial charge in [0.15, 0.2) is 5.13 Å². The van der Waals surface area contributed by atoms with Gasteiger partial charge in [-0.05, 0) is 30.3 Å². The summed E-state index contributed by atoms with van der Waals surface area (Å²) >= 11 is 1.23. The maximum Gasteiger partial charge on any atom is 0.257 e. The van der Waals surface area contributed by atoms with Gasteiger partial charge in [-0.3, -0.25) is 10.1 Å². The van der Waals surface area contributed by atoms with Crippen LogP contribution in [-0.4, -0.2) is 32.2 Å². The van der Waals surface area contributed by atoms with Crippen LogP contribution in [0.15, 0.2) is 41.8 Å². The molecule has 0 radical (unpaired) electrons. The molecule has 0 fully saturated rings. The average molecular weight is 388 g/mol. The highest BCUT2D eigenvalue weighted by atomic mass is 32.1. The molecule has 27 heavy (non-hydrogen) atoms. The Labute approximate surface area is 159 Å². The molecule has 0 bridgehead atoms. The Morgan fingerprint density at radius 2 is 1.74 bits per heavy atom. The van der Waals surface area contributed by atoms with E-state index < -0.39 is 5.82 Å². The number of anilines is 1. The minimum absolute atomic E-state index is 0.362. The highest BCUT2D eigenvalue weighted by Gasteiger charge is 2.15. The van der Waals surface area contributed by atoms with E-state index in [9.17, 15) is 9.18 Å². The molecule has 3 rings (SSSR count). The summed E-state index contributed by atoms with van der Waals surface area (Å²) in [4.78, 5) is 16.9. The fraction of sp³-hybridized carbons (Fsp3) is 0.158. The number of nitrogens with zero attached hydrogens (tertiary/aromatic N) is 1. The minimum Gasteiger partial charge on any atom is -0.497 e. The Balaban J connectivity index is 1.84. The van der Waals surface area contributed by atoms with Gasteiger partial charge in [0.1, 0.15) is 23.1 Å². The van der Waals surface area contributed by atoms with Crippen molar-refractivity contribution >= 4 is 22.4 Å². The molecular weight excluding hydrogens is 371 g/mol. The molecule has 0 aliphatic carbocycles. The molecule has 0 spiro atoms. The summed E-state index contributed by atoms with van der Waals surface area (Å²) in [7, 11) is 4.52. The van der Waals surface area contributed by atoms with Crippen LogP contribution in [0, 0.1) is 5.82 Å².